The van der Waals surface area contributed by atoms with Gasteiger partial charge in [-0.1, -0.05) is 70.0 Å². The number of benzene rings is 1. The predicted molar refractivity (Wildman–Crippen MR) is 136 cm³/mol. The van der Waals surface area contributed by atoms with Crippen LogP contribution in [0.1, 0.15) is 62.4 Å². The number of nitrogens with one attached hydrogen (secondary N) is 2. The van der Waals surface area contributed by atoms with Gasteiger partial charge in [-0.25, -0.2) is 4.79 Å². The molecule has 184 valence electrons. The molecule has 1 aliphatic rings. The summed E-state index contributed by atoms with van der Waals surface area (Å²) in [5, 5.41) is 25.8. The van der Waals surface area contributed by atoms with E-state index in [4.69, 9.17) is 4.65 Å². The summed E-state index contributed by atoms with van der Waals surface area (Å²) in [7, 11) is -1.34. The number of carboxylic acid groups (broad SMARTS) is 1. The number of allylic oxidation sites excluding steroid dienone is 2. The van der Waals surface area contributed by atoms with E-state index < -0.39 is 19.0 Å². The lowest BCUT2D eigenvalue weighted by atomic mass is 9.72. The van der Waals surface area contributed by atoms with Gasteiger partial charge in [-0.2, -0.15) is 0 Å². The summed E-state index contributed by atoms with van der Waals surface area (Å²) in [5.74, 6) is -1.30. The molecule has 1 aromatic rings. The molecule has 0 radical (unpaired) electrons. The Morgan fingerprint density at radius 3 is 2.76 bits per heavy atom. The van der Waals surface area contributed by atoms with E-state index in [-0.39, 0.29) is 23.6 Å². The van der Waals surface area contributed by atoms with Gasteiger partial charge in [0.15, 0.2) is 0 Å². The van der Waals surface area contributed by atoms with Crippen molar-refractivity contribution in [1.29, 1.82) is 0 Å². The van der Waals surface area contributed by atoms with Crippen LogP contribution in [0.5, 0.6) is 5.75 Å². The number of carbonyl (C=O) groups excluding carboxylic acids is 1. The van der Waals surface area contributed by atoms with Gasteiger partial charge in [0.2, 0.25) is 5.91 Å². The summed E-state index contributed by atoms with van der Waals surface area (Å²) >= 11 is 0. The molecule has 7 nitrogen and oxygen atoms in total. The lowest BCUT2D eigenvalue weighted by molar-refractivity contribution is -0.117. The predicted octanol–water partition coefficient (Wildman–Crippen LogP) is 3.69. The molecule has 4 N–H and O–H groups in total. The highest BCUT2D eigenvalue weighted by atomic mass is 16.5. The molecule has 0 saturated carbocycles. The van der Waals surface area contributed by atoms with Gasteiger partial charge in [0.1, 0.15) is 5.75 Å². The first-order valence-electron chi connectivity index (χ1n) is 12.0. The van der Waals surface area contributed by atoms with Crippen LogP contribution in [0.4, 0.5) is 0 Å². The summed E-state index contributed by atoms with van der Waals surface area (Å²) < 4.78 is 5.43. The molecular formula is C26H37BN2O5. The fourth-order valence-corrected chi connectivity index (χ4v) is 3.78. The second kappa shape index (κ2) is 13.8. The highest BCUT2D eigenvalue weighted by molar-refractivity contribution is 6.47. The van der Waals surface area contributed by atoms with Crippen LogP contribution in [0.3, 0.4) is 0 Å². The van der Waals surface area contributed by atoms with Gasteiger partial charge in [-0.3, -0.25) is 4.79 Å². The van der Waals surface area contributed by atoms with E-state index in [1.54, 1.807) is 31.2 Å². The lowest BCUT2D eigenvalue weighted by Crippen LogP contribution is -2.53. The number of fused-ring (bicyclic) bond motifs is 1. The molecule has 8 heteroatoms. The zero-order chi connectivity index (χ0) is 25.1. The molecule has 0 bridgehead atoms. The van der Waals surface area contributed by atoms with Crippen LogP contribution in [-0.2, 0) is 11.2 Å². The molecule has 34 heavy (non-hydrogen) atoms. The smallest absolute Gasteiger partial charge is 0.534 e. The fourth-order valence-electron chi connectivity index (χ4n) is 3.78. The van der Waals surface area contributed by atoms with Gasteiger partial charge >= 0.3 is 13.1 Å². The Morgan fingerprint density at radius 1 is 1.32 bits per heavy atom. The molecule has 0 fully saturated rings. The van der Waals surface area contributed by atoms with Gasteiger partial charge < -0.3 is 25.4 Å². The second-order valence-electron chi connectivity index (χ2n) is 8.90. The van der Waals surface area contributed by atoms with E-state index in [1.807, 2.05) is 6.08 Å². The molecule has 0 spiro atoms. The number of hydrogen-bond donors (Lipinski definition) is 4. The zero-order valence-corrected chi connectivity index (χ0v) is 20.5. The topological polar surface area (TPSA) is 108 Å². The van der Waals surface area contributed by atoms with E-state index in [9.17, 15) is 19.7 Å². The molecule has 0 aromatic heterocycles. The van der Waals surface area contributed by atoms with Gasteiger partial charge in [-0.15, -0.1) is 0 Å². The highest BCUT2D eigenvalue weighted by Gasteiger charge is 2.37. The van der Waals surface area contributed by atoms with E-state index in [0.29, 0.717) is 23.6 Å². The summed E-state index contributed by atoms with van der Waals surface area (Å²) in [6.07, 6.45) is 10.5. The van der Waals surface area contributed by atoms with Crippen molar-refractivity contribution in [2.45, 2.75) is 58.8 Å². The molecule has 2 unspecified atom stereocenters. The minimum Gasteiger partial charge on any atom is -0.534 e. The highest BCUT2D eigenvalue weighted by Crippen LogP contribution is 2.30. The van der Waals surface area contributed by atoms with Crippen molar-refractivity contribution in [3.8, 4) is 5.75 Å². The zero-order valence-electron chi connectivity index (χ0n) is 20.5. The van der Waals surface area contributed by atoms with E-state index in [2.05, 4.69) is 31.1 Å². The van der Waals surface area contributed by atoms with Crippen LogP contribution in [-0.4, -0.2) is 48.2 Å². The number of unbranched alkanes of at least 4 members (excludes halogenated alkanes) is 1. The van der Waals surface area contributed by atoms with Crippen molar-refractivity contribution >= 4 is 19.0 Å². The largest absolute Gasteiger partial charge is 0.547 e. The van der Waals surface area contributed by atoms with Crippen LogP contribution < -0.4 is 15.3 Å². The van der Waals surface area contributed by atoms with E-state index >= 15 is 0 Å². The Bertz CT molecular complexity index is 928. The number of amides is 1. The fraction of sp³-hybridized carbons (Fsp3) is 0.462. The maximum Gasteiger partial charge on any atom is 0.547 e. The Labute approximate surface area is 203 Å². The SMILES string of the molecule is C=CC(=CC=C(C)C(=O)NC1Cc2cccc(C(=O)O)c2OB1O)CNCCC(C)CCCC. The molecule has 1 aromatic carbocycles. The quantitative estimate of drug-likeness (QED) is 0.152. The normalized spacial score (nSPS) is 16.9. The molecule has 2 atom stereocenters. The van der Waals surface area contributed by atoms with Crippen molar-refractivity contribution in [2.24, 2.45) is 5.92 Å². The van der Waals surface area contributed by atoms with Gasteiger partial charge in [-0.05, 0) is 49.4 Å². The van der Waals surface area contributed by atoms with Gasteiger partial charge in [0.05, 0.1) is 11.5 Å². The van der Waals surface area contributed by atoms with Crippen molar-refractivity contribution in [2.75, 3.05) is 13.1 Å². The minimum absolute atomic E-state index is 0.0106. The van der Waals surface area contributed by atoms with Crippen molar-refractivity contribution < 1.29 is 24.4 Å². The van der Waals surface area contributed by atoms with Gasteiger partial charge in [0.25, 0.3) is 0 Å². The van der Waals surface area contributed by atoms with Crippen molar-refractivity contribution in [3.05, 3.63) is 65.3 Å². The molecule has 1 aliphatic heterocycles. The van der Waals surface area contributed by atoms with Crippen molar-refractivity contribution in [1.82, 2.24) is 10.6 Å². The molecular weight excluding hydrogens is 431 g/mol. The minimum atomic E-state index is -1.34. The maximum atomic E-state index is 12.7. The number of carbonyl (C=O) groups is 2. The summed E-state index contributed by atoms with van der Waals surface area (Å²) in [5.41, 5.74) is 2.07. The first-order chi connectivity index (χ1) is 16.3. The molecule has 2 rings (SSSR count). The number of rotatable bonds is 13. The average molecular weight is 468 g/mol. The number of aromatic carboxylic acids is 1. The monoisotopic (exact) mass is 468 g/mol. The third kappa shape index (κ3) is 8.19. The molecule has 1 amide bonds. The van der Waals surface area contributed by atoms with Crippen molar-refractivity contribution in [3.63, 3.8) is 0 Å². The average Bonchev–Trinajstić information content (AvgIpc) is 2.81. The summed E-state index contributed by atoms with van der Waals surface area (Å²) in [6, 6.07) is 4.77. The van der Waals surface area contributed by atoms with Crippen LogP contribution in [0.25, 0.3) is 0 Å². The van der Waals surface area contributed by atoms with E-state index in [0.717, 1.165) is 18.5 Å². The standard InChI is InChI=1S/C26H37BN2O5/c1-5-7-9-18(3)14-15-28-17-20(6-2)13-12-19(4)25(30)29-23-16-21-10-8-11-22(26(31)32)24(21)34-27(23)33/h6,8,10-13,18,23,28,33H,2,5,7,9,14-17H2,1,3-4H3,(H,29,30)(H,31,32). The Balaban J connectivity index is 1.91. The third-order valence-corrected chi connectivity index (χ3v) is 6.03. The van der Waals surface area contributed by atoms with Gasteiger partial charge in [0, 0.05) is 12.1 Å². The summed E-state index contributed by atoms with van der Waals surface area (Å²) in [6.45, 7) is 11.7. The van der Waals surface area contributed by atoms with Crippen LogP contribution in [0.2, 0.25) is 0 Å². The Morgan fingerprint density at radius 2 is 2.09 bits per heavy atom. The second-order valence-corrected chi connectivity index (χ2v) is 8.90. The maximum absolute atomic E-state index is 12.7. The number of hydrogen-bond acceptors (Lipinski definition) is 5. The van der Waals surface area contributed by atoms with E-state index in [1.165, 1.54) is 25.3 Å². The van der Waals surface area contributed by atoms with Crippen LogP contribution in [0, 0.1) is 5.92 Å². The first kappa shape index (κ1) is 27.4. The number of carboxylic acids is 1. The molecule has 1 heterocycles. The summed E-state index contributed by atoms with van der Waals surface area (Å²) in [4.78, 5) is 24.0. The number of para-hydroxylation sites is 1. The lowest BCUT2D eigenvalue weighted by Gasteiger charge is -2.29. The van der Waals surface area contributed by atoms with Crippen LogP contribution >= 0.6 is 0 Å². The first-order valence-corrected chi connectivity index (χ1v) is 12.0. The molecule has 0 saturated heterocycles. The Kier molecular flexibility index (Phi) is 11.1. The third-order valence-electron chi connectivity index (χ3n) is 6.03. The van der Waals surface area contributed by atoms with Crippen LogP contribution in [0.15, 0.2) is 54.2 Å². The Hall–Kier alpha value is -2.84. The molecule has 0 aliphatic carbocycles.